The first-order valence-electron chi connectivity index (χ1n) is 5.74. The zero-order chi connectivity index (χ0) is 12.8. The Labute approximate surface area is 111 Å². The second kappa shape index (κ2) is 6.60. The molecule has 0 N–H and O–H groups in total. The van der Waals surface area contributed by atoms with Crippen molar-refractivity contribution in [3.05, 3.63) is 29.8 Å². The molecule has 5 heteroatoms. The Morgan fingerprint density at radius 1 is 1.22 bits per heavy atom. The first-order chi connectivity index (χ1) is 8.81. The van der Waals surface area contributed by atoms with Gasteiger partial charge in [0.25, 0.3) is 0 Å². The third-order valence-electron chi connectivity index (χ3n) is 2.40. The van der Waals surface area contributed by atoms with E-state index in [-0.39, 0.29) is 6.10 Å². The predicted molar refractivity (Wildman–Crippen MR) is 66.9 cm³/mol. The van der Waals surface area contributed by atoms with Crippen LogP contribution in [0.4, 0.5) is 0 Å². The van der Waals surface area contributed by atoms with Crippen molar-refractivity contribution in [3.63, 3.8) is 0 Å². The van der Waals surface area contributed by atoms with Crippen LogP contribution in [0.3, 0.4) is 0 Å². The maximum absolute atomic E-state index is 8.55. The van der Waals surface area contributed by atoms with Crippen LogP contribution in [0.1, 0.15) is 5.56 Å². The van der Waals surface area contributed by atoms with Gasteiger partial charge < -0.3 is 14.2 Å². The zero-order valence-corrected chi connectivity index (χ0v) is 10.6. The van der Waals surface area contributed by atoms with Gasteiger partial charge in [-0.3, -0.25) is 0 Å². The zero-order valence-electron chi connectivity index (χ0n) is 9.84. The highest BCUT2D eigenvalue weighted by Crippen LogP contribution is 2.15. The molecule has 0 spiro atoms. The normalized spacial score (nSPS) is 23.3. The van der Waals surface area contributed by atoms with Gasteiger partial charge in [-0.1, -0.05) is 0 Å². The smallest absolute Gasteiger partial charge is 0.119 e. The van der Waals surface area contributed by atoms with Crippen LogP contribution in [0.25, 0.3) is 0 Å². The lowest BCUT2D eigenvalue weighted by Gasteiger charge is -2.02. The number of hydrogen-bond donors (Lipinski definition) is 0. The van der Waals surface area contributed by atoms with Gasteiger partial charge in [-0.15, -0.1) is 11.6 Å². The molecule has 96 valence electrons. The molecule has 2 fully saturated rings. The first kappa shape index (κ1) is 13.2. The van der Waals surface area contributed by atoms with E-state index >= 15 is 0 Å². The molecular formula is C13H14ClNO3. The van der Waals surface area contributed by atoms with E-state index in [2.05, 4.69) is 6.07 Å². The Morgan fingerprint density at radius 3 is 2.22 bits per heavy atom. The summed E-state index contributed by atoms with van der Waals surface area (Å²) >= 11 is 5.27. The monoisotopic (exact) mass is 267 g/mol. The fraction of sp³-hybridized carbons (Fsp3) is 0.462. The van der Waals surface area contributed by atoms with E-state index in [1.165, 1.54) is 0 Å². The molecule has 2 atom stereocenters. The molecule has 1 aromatic carbocycles. The lowest BCUT2D eigenvalue weighted by atomic mass is 10.2. The molecule has 0 aromatic heterocycles. The van der Waals surface area contributed by atoms with Crippen molar-refractivity contribution < 1.29 is 14.2 Å². The third kappa shape index (κ3) is 4.92. The molecule has 0 saturated carbocycles. The number of ether oxygens (including phenoxy) is 3. The molecule has 4 nitrogen and oxygen atoms in total. The van der Waals surface area contributed by atoms with E-state index < -0.39 is 0 Å². The number of halogens is 1. The van der Waals surface area contributed by atoms with Crippen LogP contribution in [0.5, 0.6) is 5.75 Å². The SMILES string of the molecule is ClC[C@H]1CO1.N#Cc1ccc(OC[C@@H]2CO2)cc1. The summed E-state index contributed by atoms with van der Waals surface area (Å²) in [4.78, 5) is 0. The Morgan fingerprint density at radius 2 is 1.83 bits per heavy atom. The molecule has 2 saturated heterocycles. The Kier molecular flexibility index (Phi) is 4.82. The average molecular weight is 268 g/mol. The second-order valence-corrected chi connectivity index (χ2v) is 4.32. The van der Waals surface area contributed by atoms with Crippen LogP contribution >= 0.6 is 11.6 Å². The largest absolute Gasteiger partial charge is 0.491 e. The molecule has 3 rings (SSSR count). The van der Waals surface area contributed by atoms with Gasteiger partial charge in [0.05, 0.1) is 36.8 Å². The Hall–Kier alpha value is -1.28. The van der Waals surface area contributed by atoms with Crippen LogP contribution in [0.2, 0.25) is 0 Å². The number of rotatable bonds is 4. The van der Waals surface area contributed by atoms with Crippen molar-refractivity contribution in [2.24, 2.45) is 0 Å². The topological polar surface area (TPSA) is 58.1 Å². The third-order valence-corrected chi connectivity index (χ3v) is 2.74. The minimum absolute atomic E-state index is 0.274. The minimum atomic E-state index is 0.274. The van der Waals surface area contributed by atoms with Gasteiger partial charge in [-0.25, -0.2) is 0 Å². The van der Waals surface area contributed by atoms with Crippen molar-refractivity contribution >= 4 is 11.6 Å². The molecule has 18 heavy (non-hydrogen) atoms. The van der Waals surface area contributed by atoms with Crippen molar-refractivity contribution in [2.75, 3.05) is 25.7 Å². The van der Waals surface area contributed by atoms with E-state index in [9.17, 15) is 0 Å². The molecule has 0 aliphatic carbocycles. The molecule has 1 aromatic rings. The summed E-state index contributed by atoms with van der Waals surface area (Å²) < 4.78 is 15.1. The van der Waals surface area contributed by atoms with E-state index in [4.69, 9.17) is 31.1 Å². The number of epoxide rings is 2. The van der Waals surface area contributed by atoms with Gasteiger partial charge in [-0.2, -0.15) is 5.26 Å². The number of alkyl halides is 1. The summed E-state index contributed by atoms with van der Waals surface area (Å²) in [5.41, 5.74) is 0.648. The van der Waals surface area contributed by atoms with Gasteiger partial charge in [0.1, 0.15) is 18.5 Å². The number of nitriles is 1. The van der Waals surface area contributed by atoms with Gasteiger partial charge in [0.15, 0.2) is 0 Å². The summed E-state index contributed by atoms with van der Waals surface area (Å²) in [5, 5.41) is 8.55. The van der Waals surface area contributed by atoms with Crippen molar-refractivity contribution in [1.82, 2.24) is 0 Å². The molecule has 0 amide bonds. The van der Waals surface area contributed by atoms with Crippen molar-refractivity contribution in [1.29, 1.82) is 5.26 Å². The molecule has 2 aliphatic rings. The van der Waals surface area contributed by atoms with Gasteiger partial charge >= 0.3 is 0 Å². The average Bonchev–Trinajstić information content (AvgIpc) is 3.32. The molecule has 2 heterocycles. The fourth-order valence-corrected chi connectivity index (χ4v) is 1.31. The fourth-order valence-electron chi connectivity index (χ4n) is 1.14. The molecule has 0 radical (unpaired) electrons. The first-order valence-corrected chi connectivity index (χ1v) is 6.27. The lowest BCUT2D eigenvalue weighted by Crippen LogP contribution is -2.03. The lowest BCUT2D eigenvalue weighted by molar-refractivity contribution is 0.263. The summed E-state index contributed by atoms with van der Waals surface area (Å²) in [7, 11) is 0. The van der Waals surface area contributed by atoms with E-state index in [0.29, 0.717) is 24.2 Å². The van der Waals surface area contributed by atoms with Gasteiger partial charge in [-0.05, 0) is 24.3 Å². The highest BCUT2D eigenvalue weighted by Gasteiger charge is 2.22. The minimum Gasteiger partial charge on any atom is -0.491 e. The van der Waals surface area contributed by atoms with Crippen LogP contribution < -0.4 is 4.74 Å². The highest BCUT2D eigenvalue weighted by molar-refractivity contribution is 6.18. The predicted octanol–water partition coefficient (Wildman–Crippen LogP) is 1.96. The van der Waals surface area contributed by atoms with E-state index in [1.54, 1.807) is 24.3 Å². The standard InChI is InChI=1S/C10H9NO2.C3H5ClO/c11-5-8-1-3-9(4-2-8)12-6-10-7-13-10;4-1-3-2-5-3/h1-4,10H,6-7H2;3H,1-2H2/t10-;3-/m10/s1. The van der Waals surface area contributed by atoms with Gasteiger partial charge in [0, 0.05) is 0 Å². The van der Waals surface area contributed by atoms with Crippen molar-refractivity contribution in [2.45, 2.75) is 12.2 Å². The Bertz CT molecular complexity index is 407. The van der Waals surface area contributed by atoms with Crippen molar-refractivity contribution in [3.8, 4) is 11.8 Å². The molecule has 2 aliphatic heterocycles. The maximum Gasteiger partial charge on any atom is 0.119 e. The molecule has 0 bridgehead atoms. The summed E-state index contributed by atoms with van der Waals surface area (Å²) in [5.74, 6) is 1.45. The summed E-state index contributed by atoms with van der Waals surface area (Å²) in [6, 6.07) is 9.11. The summed E-state index contributed by atoms with van der Waals surface area (Å²) in [6.45, 7) is 2.28. The quantitative estimate of drug-likeness (QED) is 0.618. The number of nitrogens with zero attached hydrogens (tertiary/aromatic N) is 1. The van der Waals surface area contributed by atoms with Crippen LogP contribution in [-0.2, 0) is 9.47 Å². The van der Waals surface area contributed by atoms with Crippen LogP contribution in [-0.4, -0.2) is 37.9 Å². The molecule has 0 unspecified atom stereocenters. The maximum atomic E-state index is 8.55. The van der Waals surface area contributed by atoms with E-state index in [1.807, 2.05) is 0 Å². The number of benzene rings is 1. The summed E-state index contributed by atoms with van der Waals surface area (Å²) in [6.07, 6.45) is 0.673. The number of hydrogen-bond acceptors (Lipinski definition) is 4. The van der Waals surface area contributed by atoms with Crippen LogP contribution in [0.15, 0.2) is 24.3 Å². The second-order valence-electron chi connectivity index (χ2n) is 4.01. The van der Waals surface area contributed by atoms with E-state index in [0.717, 1.165) is 19.0 Å². The molecular weight excluding hydrogens is 254 g/mol. The van der Waals surface area contributed by atoms with Crippen LogP contribution in [0, 0.1) is 11.3 Å². The Balaban J connectivity index is 0.000000202. The van der Waals surface area contributed by atoms with Gasteiger partial charge in [0.2, 0.25) is 0 Å². The highest BCUT2D eigenvalue weighted by atomic mass is 35.5.